The monoisotopic (exact) mass is 521 g/mol. The van der Waals surface area contributed by atoms with Crippen molar-refractivity contribution in [3.05, 3.63) is 60.2 Å². The second-order valence-electron chi connectivity index (χ2n) is 9.49. The van der Waals surface area contributed by atoms with Crippen LogP contribution in [0.25, 0.3) is 21.9 Å². The summed E-state index contributed by atoms with van der Waals surface area (Å²) in [6.07, 6.45) is 8.21. The van der Waals surface area contributed by atoms with E-state index in [2.05, 4.69) is 80.7 Å². The van der Waals surface area contributed by atoms with Gasteiger partial charge in [0.25, 0.3) is 0 Å². The van der Waals surface area contributed by atoms with E-state index in [-0.39, 0.29) is 0 Å². The van der Waals surface area contributed by atoms with Gasteiger partial charge in [0.1, 0.15) is 0 Å². The van der Waals surface area contributed by atoms with Crippen LogP contribution >= 0.6 is 0 Å². The molecule has 0 fully saturated rings. The molecule has 0 saturated heterocycles. The molecule has 164 valence electrons. The minimum absolute atomic E-state index is 0.942. The number of hydrogen-bond acceptors (Lipinski definition) is 1. The Kier molecular flexibility index (Phi) is 7.63. The number of rotatable bonds is 10. The molecule has 0 bridgehead atoms. The van der Waals surface area contributed by atoms with Crippen LogP contribution in [-0.4, -0.2) is 18.4 Å². The number of nitrogens with one attached hydrogen (secondary N) is 1. The average molecular weight is 520 g/mol. The number of fused-ring (bicyclic) bond motifs is 5. The van der Waals surface area contributed by atoms with E-state index in [1.807, 2.05) is 3.58 Å². The van der Waals surface area contributed by atoms with E-state index in [1.54, 1.807) is 5.39 Å². The molecule has 0 radical (unpaired) electrons. The van der Waals surface area contributed by atoms with E-state index in [4.69, 9.17) is 0 Å². The molecule has 1 heterocycles. The van der Waals surface area contributed by atoms with Gasteiger partial charge in [-0.25, -0.2) is 0 Å². The molecule has 0 aliphatic carbocycles. The van der Waals surface area contributed by atoms with E-state index < -0.39 is 18.4 Å². The number of hydrogen-bond donors (Lipinski definition) is 1. The van der Waals surface area contributed by atoms with Crippen LogP contribution in [0.15, 0.2) is 54.6 Å². The minimum atomic E-state index is -2.57. The van der Waals surface area contributed by atoms with Gasteiger partial charge < -0.3 is 0 Å². The number of benzene rings is 3. The molecular formula is C29H39NSn. The Morgan fingerprint density at radius 3 is 2.10 bits per heavy atom. The van der Waals surface area contributed by atoms with Crippen LogP contribution in [0.5, 0.6) is 0 Å². The third-order valence-electron chi connectivity index (χ3n) is 7.40. The average Bonchev–Trinajstić information content (AvgIpc) is 2.83. The predicted octanol–water partition coefficient (Wildman–Crippen LogP) is 8.49. The van der Waals surface area contributed by atoms with Crippen molar-refractivity contribution in [3.8, 4) is 11.1 Å². The van der Waals surface area contributed by atoms with E-state index in [0.29, 0.717) is 0 Å². The zero-order chi connectivity index (χ0) is 21.7. The first kappa shape index (κ1) is 22.7. The van der Waals surface area contributed by atoms with Gasteiger partial charge in [-0.3, -0.25) is 0 Å². The van der Waals surface area contributed by atoms with Crippen molar-refractivity contribution in [1.29, 1.82) is 0 Å². The Morgan fingerprint density at radius 2 is 1.42 bits per heavy atom. The number of unbranched alkanes of at least 4 members (excludes halogenated alkanes) is 3. The summed E-state index contributed by atoms with van der Waals surface area (Å²) in [5.41, 5.74) is 5.71. The molecule has 1 N–H and O–H groups in total. The molecule has 0 saturated carbocycles. The molecule has 2 heteroatoms. The topological polar surface area (TPSA) is 12.0 Å². The van der Waals surface area contributed by atoms with Gasteiger partial charge in [0.05, 0.1) is 0 Å². The van der Waals surface area contributed by atoms with Gasteiger partial charge in [-0.05, 0) is 0 Å². The molecule has 0 amide bonds. The summed E-state index contributed by atoms with van der Waals surface area (Å²) < 4.78 is 6.39. The van der Waals surface area contributed by atoms with Crippen LogP contribution in [0.3, 0.4) is 0 Å². The Bertz CT molecular complexity index is 1000. The molecule has 0 aromatic heterocycles. The third kappa shape index (κ3) is 4.53. The molecule has 0 atom stereocenters. The molecule has 4 rings (SSSR count). The predicted molar refractivity (Wildman–Crippen MR) is 141 cm³/mol. The fourth-order valence-corrected chi connectivity index (χ4v) is 22.5. The first-order valence-corrected chi connectivity index (χ1v) is 20.1. The molecule has 31 heavy (non-hydrogen) atoms. The SMILES string of the molecule is CCC[CH2][Sn]([CH2]CCC)([CH2]CCC)[c]1cccc2ccc3c(c12)-c1ccccc1NC3. The summed E-state index contributed by atoms with van der Waals surface area (Å²) in [5.74, 6) is 0. The van der Waals surface area contributed by atoms with Gasteiger partial charge in [0, 0.05) is 0 Å². The van der Waals surface area contributed by atoms with Crippen molar-refractivity contribution in [1.82, 2.24) is 0 Å². The van der Waals surface area contributed by atoms with E-state index in [9.17, 15) is 0 Å². The van der Waals surface area contributed by atoms with E-state index >= 15 is 0 Å². The zero-order valence-corrected chi connectivity index (χ0v) is 22.6. The van der Waals surface area contributed by atoms with Gasteiger partial charge in [-0.2, -0.15) is 0 Å². The van der Waals surface area contributed by atoms with Crippen molar-refractivity contribution in [3.63, 3.8) is 0 Å². The second kappa shape index (κ2) is 10.4. The molecule has 1 aliphatic rings. The van der Waals surface area contributed by atoms with Crippen molar-refractivity contribution < 1.29 is 0 Å². The molecule has 3 aromatic carbocycles. The quantitative estimate of drug-likeness (QED) is 0.265. The fourth-order valence-electron chi connectivity index (χ4n) is 5.69. The van der Waals surface area contributed by atoms with Crippen LogP contribution in [0.4, 0.5) is 5.69 Å². The first-order chi connectivity index (χ1) is 15.2. The van der Waals surface area contributed by atoms with Gasteiger partial charge in [0.2, 0.25) is 0 Å². The summed E-state index contributed by atoms with van der Waals surface area (Å²) in [5, 5.41) is 6.74. The molecule has 0 spiro atoms. The van der Waals surface area contributed by atoms with Crippen molar-refractivity contribution in [2.75, 3.05) is 5.32 Å². The van der Waals surface area contributed by atoms with Gasteiger partial charge in [-0.1, -0.05) is 0 Å². The Labute approximate surface area is 193 Å². The van der Waals surface area contributed by atoms with Gasteiger partial charge >= 0.3 is 194 Å². The first-order valence-electron chi connectivity index (χ1n) is 12.6. The summed E-state index contributed by atoms with van der Waals surface area (Å²) in [6.45, 7) is 8.08. The van der Waals surface area contributed by atoms with Crippen LogP contribution in [-0.2, 0) is 6.54 Å². The normalized spacial score (nSPS) is 13.0. The molecule has 3 aromatic rings. The van der Waals surface area contributed by atoms with E-state index in [1.165, 1.54) is 79.6 Å². The van der Waals surface area contributed by atoms with Crippen molar-refractivity contribution in [2.24, 2.45) is 0 Å². The van der Waals surface area contributed by atoms with Crippen LogP contribution in [0.2, 0.25) is 13.3 Å². The third-order valence-corrected chi connectivity index (χ3v) is 23.1. The molecular weight excluding hydrogens is 481 g/mol. The Hall–Kier alpha value is -1.48. The molecule has 0 unspecified atom stereocenters. The standard InChI is InChI=1S/C17H12N.3C4H9.Sn/c1-2-6-14-12(5-1)9-10-13-11-18-16-8-4-3-7-15(16)17(13)14;3*1-3-4-2;/h1-5,7-10,18H,11H2;3*1,3-4H2,2H3;. The van der Waals surface area contributed by atoms with Gasteiger partial charge in [-0.15, -0.1) is 0 Å². The van der Waals surface area contributed by atoms with Crippen LogP contribution in [0.1, 0.15) is 64.9 Å². The number of para-hydroxylation sites is 1. The molecule has 1 aliphatic heterocycles. The van der Waals surface area contributed by atoms with Crippen molar-refractivity contribution in [2.45, 2.75) is 79.2 Å². The summed E-state index contributed by atoms with van der Waals surface area (Å²) in [6, 6.07) is 21.0. The Balaban J connectivity index is 1.99. The summed E-state index contributed by atoms with van der Waals surface area (Å²) in [7, 11) is 0. The maximum absolute atomic E-state index is 3.66. The fraction of sp³-hybridized carbons (Fsp3) is 0.448. The number of anilines is 1. The Morgan fingerprint density at radius 1 is 0.742 bits per heavy atom. The summed E-state index contributed by atoms with van der Waals surface area (Å²) >= 11 is -2.57. The van der Waals surface area contributed by atoms with Gasteiger partial charge in [0.15, 0.2) is 0 Å². The second-order valence-corrected chi connectivity index (χ2v) is 22.6. The zero-order valence-electron chi connectivity index (χ0n) is 19.8. The molecule has 1 nitrogen and oxygen atoms in total. The van der Waals surface area contributed by atoms with E-state index in [0.717, 1.165) is 6.54 Å². The summed E-state index contributed by atoms with van der Waals surface area (Å²) in [4.78, 5) is 0. The van der Waals surface area contributed by atoms with Crippen LogP contribution < -0.4 is 8.90 Å². The maximum atomic E-state index is 3.66. The van der Waals surface area contributed by atoms with Crippen molar-refractivity contribution >= 4 is 38.4 Å². The van der Waals surface area contributed by atoms with Crippen LogP contribution in [0, 0.1) is 0 Å².